The van der Waals surface area contributed by atoms with Gasteiger partial charge in [0.25, 0.3) is 0 Å². The first-order chi connectivity index (χ1) is 15.1. The molecule has 0 fully saturated rings. The van der Waals surface area contributed by atoms with E-state index in [-0.39, 0.29) is 40.2 Å². The summed E-state index contributed by atoms with van der Waals surface area (Å²) in [7, 11) is 4.10. The average molecular weight is 444 g/mol. The van der Waals surface area contributed by atoms with Gasteiger partial charge in [0, 0.05) is 0 Å². The number of carbonyl (C=O) groups excluding carboxylic acids is 2. The topological polar surface area (TPSA) is 112 Å². The number of hydrogen-bond donors (Lipinski definition) is 2. The number of ketones is 1. The van der Waals surface area contributed by atoms with Crippen LogP contribution >= 0.6 is 0 Å². The first kappa shape index (κ1) is 24.6. The molecule has 172 valence electrons. The molecule has 2 rings (SSSR count). The van der Waals surface area contributed by atoms with Crippen molar-refractivity contribution in [3.63, 3.8) is 0 Å². The van der Waals surface area contributed by atoms with Gasteiger partial charge in [-0.05, 0) is 62.6 Å². The summed E-state index contributed by atoms with van der Waals surface area (Å²) in [4.78, 5) is 25.5. The molecule has 8 nitrogen and oxygen atoms in total. The second kappa shape index (κ2) is 10.1. The molecule has 0 aliphatic heterocycles. The second-order valence-corrected chi connectivity index (χ2v) is 7.31. The molecule has 0 heterocycles. The van der Waals surface area contributed by atoms with Crippen LogP contribution in [0.4, 0.5) is 0 Å². The van der Waals surface area contributed by atoms with Gasteiger partial charge in [-0.2, -0.15) is 0 Å². The number of methoxy groups -OCH3 is 3. The number of carbonyl (C=O) groups is 2. The maximum absolute atomic E-state index is 13.0. The first-order valence-electron chi connectivity index (χ1n) is 9.85. The molecular formula is C24H28O8. The van der Waals surface area contributed by atoms with E-state index < -0.39 is 17.5 Å². The van der Waals surface area contributed by atoms with E-state index in [1.165, 1.54) is 45.6 Å². The van der Waals surface area contributed by atoms with Crippen LogP contribution in [0.1, 0.15) is 51.3 Å². The summed E-state index contributed by atoms with van der Waals surface area (Å²) in [5.74, 6) is -1.51. The number of benzene rings is 2. The Morgan fingerprint density at radius 2 is 1.41 bits per heavy atom. The minimum atomic E-state index is -0.648. The molecule has 0 atom stereocenters. The normalized spacial score (nSPS) is 11.0. The minimum Gasteiger partial charge on any atom is -0.504 e. The van der Waals surface area contributed by atoms with Crippen molar-refractivity contribution in [3.8, 4) is 28.7 Å². The lowest BCUT2D eigenvalue weighted by Crippen LogP contribution is -2.16. The number of rotatable bonds is 8. The van der Waals surface area contributed by atoms with Crippen molar-refractivity contribution in [1.29, 1.82) is 0 Å². The maximum atomic E-state index is 13.0. The number of hydrogen-bond acceptors (Lipinski definition) is 8. The van der Waals surface area contributed by atoms with Crippen LogP contribution in [0, 0.1) is 13.8 Å². The summed E-state index contributed by atoms with van der Waals surface area (Å²) in [5, 5.41) is 20.8. The van der Waals surface area contributed by atoms with Gasteiger partial charge in [0.2, 0.25) is 5.75 Å². The third-order valence-electron chi connectivity index (χ3n) is 4.92. The van der Waals surface area contributed by atoms with Crippen molar-refractivity contribution in [1.82, 2.24) is 0 Å². The van der Waals surface area contributed by atoms with Gasteiger partial charge in [0.15, 0.2) is 28.8 Å². The number of aromatic hydroxyl groups is 2. The van der Waals surface area contributed by atoms with Gasteiger partial charge in [-0.3, -0.25) is 4.79 Å². The van der Waals surface area contributed by atoms with E-state index in [4.69, 9.17) is 18.9 Å². The van der Waals surface area contributed by atoms with Gasteiger partial charge in [0.05, 0.1) is 33.0 Å². The van der Waals surface area contributed by atoms with Crippen molar-refractivity contribution in [2.24, 2.45) is 0 Å². The Labute approximate surface area is 187 Å². The molecule has 8 heteroatoms. The van der Waals surface area contributed by atoms with Crippen molar-refractivity contribution >= 4 is 17.8 Å². The van der Waals surface area contributed by atoms with Crippen LogP contribution in [-0.4, -0.2) is 49.4 Å². The number of phenolic OH excluding ortho intramolecular Hbond substituents is 2. The lowest BCUT2D eigenvalue weighted by atomic mass is 9.93. The average Bonchev–Trinajstić information content (AvgIpc) is 2.74. The Bertz CT molecular complexity index is 1040. The molecule has 0 unspecified atom stereocenters. The first-order valence-corrected chi connectivity index (χ1v) is 9.85. The zero-order valence-corrected chi connectivity index (χ0v) is 19.2. The van der Waals surface area contributed by atoms with Gasteiger partial charge < -0.3 is 29.2 Å². The Hall–Kier alpha value is -3.68. The SMILES string of the molecule is COc1cc(C=CC(=O)c2c(C)c(C)c(C(=O)OC(C)C)c(OC)c2O)cc(OC)c1O. The number of esters is 1. The molecule has 0 aliphatic carbocycles. The summed E-state index contributed by atoms with van der Waals surface area (Å²) in [5.41, 5.74) is 1.51. The van der Waals surface area contributed by atoms with Crippen molar-refractivity contribution in [2.45, 2.75) is 33.8 Å². The quantitative estimate of drug-likeness (QED) is 0.354. The number of ether oxygens (including phenoxy) is 4. The molecule has 0 spiro atoms. The summed E-state index contributed by atoms with van der Waals surface area (Å²) in [6.45, 7) is 6.71. The third kappa shape index (κ3) is 4.80. The van der Waals surface area contributed by atoms with E-state index in [0.717, 1.165) is 0 Å². The van der Waals surface area contributed by atoms with E-state index in [0.29, 0.717) is 16.7 Å². The Kier molecular flexibility index (Phi) is 7.75. The molecule has 0 amide bonds. The fourth-order valence-electron chi connectivity index (χ4n) is 3.24. The smallest absolute Gasteiger partial charge is 0.342 e. The van der Waals surface area contributed by atoms with Crippen molar-refractivity contribution in [3.05, 3.63) is 46.0 Å². The van der Waals surface area contributed by atoms with Crippen LogP contribution in [0.25, 0.3) is 6.08 Å². The molecule has 32 heavy (non-hydrogen) atoms. The van der Waals surface area contributed by atoms with E-state index in [1.807, 2.05) is 0 Å². The van der Waals surface area contributed by atoms with Crippen LogP contribution < -0.4 is 14.2 Å². The molecule has 2 N–H and O–H groups in total. The van der Waals surface area contributed by atoms with Gasteiger partial charge in [0.1, 0.15) is 5.56 Å². The van der Waals surface area contributed by atoms with Crippen molar-refractivity contribution in [2.75, 3.05) is 21.3 Å². The van der Waals surface area contributed by atoms with E-state index in [9.17, 15) is 19.8 Å². The Balaban J connectivity index is 2.54. The minimum absolute atomic E-state index is 0.00871. The number of allylic oxidation sites excluding steroid dienone is 1. The van der Waals surface area contributed by atoms with Crippen LogP contribution in [-0.2, 0) is 4.74 Å². The van der Waals surface area contributed by atoms with Gasteiger partial charge in [-0.15, -0.1) is 0 Å². The predicted octanol–water partition coefficient (Wildman–Crippen LogP) is 4.20. The summed E-state index contributed by atoms with van der Waals surface area (Å²) in [6, 6.07) is 3.07. The van der Waals surface area contributed by atoms with Gasteiger partial charge in [-0.1, -0.05) is 6.08 Å². The van der Waals surface area contributed by atoms with Crippen LogP contribution in [0.15, 0.2) is 18.2 Å². The maximum Gasteiger partial charge on any atom is 0.342 e. The molecule has 0 radical (unpaired) electrons. The van der Waals surface area contributed by atoms with Crippen molar-refractivity contribution < 1.29 is 38.7 Å². The largest absolute Gasteiger partial charge is 0.504 e. The molecule has 0 saturated carbocycles. The molecule has 2 aromatic rings. The highest BCUT2D eigenvalue weighted by Gasteiger charge is 2.28. The van der Waals surface area contributed by atoms with Crippen LogP contribution in [0.5, 0.6) is 28.7 Å². The fraction of sp³-hybridized carbons (Fsp3) is 0.333. The zero-order chi connectivity index (χ0) is 24.2. The Morgan fingerprint density at radius 1 is 0.875 bits per heavy atom. The molecule has 0 saturated heterocycles. The molecular weight excluding hydrogens is 416 g/mol. The third-order valence-corrected chi connectivity index (χ3v) is 4.92. The van der Waals surface area contributed by atoms with E-state index in [1.54, 1.807) is 27.7 Å². The van der Waals surface area contributed by atoms with Crippen LogP contribution in [0.2, 0.25) is 0 Å². The lowest BCUT2D eigenvalue weighted by Gasteiger charge is -2.19. The molecule has 0 aliphatic rings. The fourth-order valence-corrected chi connectivity index (χ4v) is 3.24. The number of phenols is 2. The summed E-state index contributed by atoms with van der Waals surface area (Å²) >= 11 is 0. The summed E-state index contributed by atoms with van der Waals surface area (Å²) in [6.07, 6.45) is 2.39. The van der Waals surface area contributed by atoms with Gasteiger partial charge >= 0.3 is 5.97 Å². The highest BCUT2D eigenvalue weighted by Crippen LogP contribution is 2.40. The Morgan fingerprint density at radius 3 is 1.88 bits per heavy atom. The zero-order valence-electron chi connectivity index (χ0n) is 19.2. The predicted molar refractivity (Wildman–Crippen MR) is 119 cm³/mol. The highest BCUT2D eigenvalue weighted by molar-refractivity contribution is 6.12. The summed E-state index contributed by atoms with van der Waals surface area (Å²) < 4.78 is 20.7. The molecule has 2 aromatic carbocycles. The van der Waals surface area contributed by atoms with E-state index in [2.05, 4.69) is 0 Å². The van der Waals surface area contributed by atoms with Crippen LogP contribution in [0.3, 0.4) is 0 Å². The molecule has 0 aromatic heterocycles. The lowest BCUT2D eigenvalue weighted by molar-refractivity contribution is 0.0372. The monoisotopic (exact) mass is 444 g/mol. The molecule has 0 bridgehead atoms. The van der Waals surface area contributed by atoms with Gasteiger partial charge in [-0.25, -0.2) is 4.79 Å². The standard InChI is InChI=1S/C24H28O8/c1-12(2)32-24(28)20-14(4)13(3)19(22(27)23(20)31-7)16(25)9-8-15-10-17(29-5)21(26)18(11-15)30-6/h8-12,26-27H,1-7H3. The highest BCUT2D eigenvalue weighted by atomic mass is 16.5. The second-order valence-electron chi connectivity index (χ2n) is 7.31. The van der Waals surface area contributed by atoms with E-state index >= 15 is 0 Å².